The van der Waals surface area contributed by atoms with E-state index in [1.807, 2.05) is 0 Å². The summed E-state index contributed by atoms with van der Waals surface area (Å²) in [7, 11) is 0. The van der Waals surface area contributed by atoms with Gasteiger partial charge in [-0.2, -0.15) is 0 Å². The third kappa shape index (κ3) is 6.11. The van der Waals surface area contributed by atoms with E-state index >= 15 is 0 Å². The van der Waals surface area contributed by atoms with Gasteiger partial charge in [-0.15, -0.1) is 0 Å². The lowest BCUT2D eigenvalue weighted by molar-refractivity contribution is 0.332. The SMILES string of the molecule is Cc1cc2c3c(c1)N(c1ccc4c(c1C)C(C)(C)CC4(C)C)c1cc4c(cc1B3c1cc(-c3ccccc3)ccc1N2c1cc2c(cc1C)C(C)(C)CCC2(C)C)C(C)(C)CCC4(C)C. The Morgan fingerprint density at radius 2 is 0.908 bits per heavy atom. The Morgan fingerprint density at radius 3 is 1.51 bits per heavy atom. The van der Waals surface area contributed by atoms with Crippen molar-refractivity contribution in [1.82, 2.24) is 0 Å². The minimum atomic E-state index is 0.0475. The number of fused-ring (bicyclic) bond motifs is 7. The topological polar surface area (TPSA) is 6.48 Å². The molecule has 11 rings (SSSR count). The Labute approximate surface area is 392 Å². The molecule has 6 aromatic carbocycles. The van der Waals surface area contributed by atoms with Gasteiger partial charge in [-0.1, -0.05) is 144 Å². The number of hydrogen-bond donors (Lipinski definition) is 0. The number of nitrogens with zero attached hydrogens (tertiary/aromatic N) is 2. The quantitative estimate of drug-likeness (QED) is 0.163. The van der Waals surface area contributed by atoms with Gasteiger partial charge in [0.2, 0.25) is 0 Å². The molecule has 65 heavy (non-hydrogen) atoms. The van der Waals surface area contributed by atoms with Crippen molar-refractivity contribution in [3.05, 3.63) is 147 Å². The molecule has 3 aliphatic carbocycles. The third-order valence-electron chi connectivity index (χ3n) is 17.7. The van der Waals surface area contributed by atoms with Crippen LogP contribution in [0.2, 0.25) is 0 Å². The van der Waals surface area contributed by atoms with Crippen molar-refractivity contribution in [3.8, 4) is 11.1 Å². The number of rotatable bonds is 3. The summed E-state index contributed by atoms with van der Waals surface area (Å²) in [5.41, 5.74) is 28.4. The zero-order chi connectivity index (χ0) is 46.1. The van der Waals surface area contributed by atoms with E-state index in [9.17, 15) is 0 Å². The van der Waals surface area contributed by atoms with Gasteiger partial charge in [0, 0.05) is 34.1 Å². The summed E-state index contributed by atoms with van der Waals surface area (Å²) in [6, 6.07) is 39.0. The first-order valence-electron chi connectivity index (χ1n) is 24.9. The molecule has 2 aliphatic heterocycles. The fourth-order valence-electron chi connectivity index (χ4n) is 14.1. The maximum atomic E-state index is 2.74. The van der Waals surface area contributed by atoms with Crippen LogP contribution >= 0.6 is 0 Å². The lowest BCUT2D eigenvalue weighted by atomic mass is 9.33. The Bertz CT molecular complexity index is 3010. The zero-order valence-corrected chi connectivity index (χ0v) is 42.2. The standard InChI is InChI=1S/C62H71BN2/c1-37-29-53-56-54(30-37)65(51-34-45-43(31-38(51)2)57(4,5)25-27-59(45,8)9)50-23-21-41(40-19-17-16-18-20-40)32-47(50)63(56)48-33-44-46(60(10,11)28-26-58(44,6)7)35-52(48)64(53)49-24-22-42-55(39(49)3)62(14,15)36-61(42,12)13/h16-24,29-35H,25-28,36H2,1-15H3. The van der Waals surface area contributed by atoms with Crippen molar-refractivity contribution < 1.29 is 0 Å². The number of benzene rings is 6. The molecule has 5 aliphatic rings. The highest BCUT2D eigenvalue weighted by Gasteiger charge is 2.49. The van der Waals surface area contributed by atoms with Gasteiger partial charge in [0.05, 0.1) is 0 Å². The molecular weight excluding hydrogens is 784 g/mol. The van der Waals surface area contributed by atoms with Crippen molar-refractivity contribution in [2.24, 2.45) is 0 Å². The number of hydrogen-bond acceptors (Lipinski definition) is 2. The smallest absolute Gasteiger partial charge is 0.252 e. The molecule has 0 spiro atoms. The predicted octanol–water partition coefficient (Wildman–Crippen LogP) is 15.0. The summed E-state index contributed by atoms with van der Waals surface area (Å²) in [5, 5.41) is 0. The summed E-state index contributed by atoms with van der Waals surface area (Å²) >= 11 is 0. The van der Waals surface area contributed by atoms with E-state index in [1.54, 1.807) is 5.56 Å². The zero-order valence-electron chi connectivity index (χ0n) is 42.2. The van der Waals surface area contributed by atoms with E-state index in [-0.39, 0.29) is 39.2 Å². The van der Waals surface area contributed by atoms with Crippen molar-refractivity contribution in [1.29, 1.82) is 0 Å². The molecule has 3 heteroatoms. The van der Waals surface area contributed by atoms with Crippen LogP contribution in [-0.2, 0) is 32.5 Å². The second kappa shape index (κ2) is 13.5. The first kappa shape index (κ1) is 42.6. The van der Waals surface area contributed by atoms with Crippen LogP contribution in [0.15, 0.2) is 97.1 Å². The summed E-state index contributed by atoms with van der Waals surface area (Å²) in [4.78, 5) is 5.43. The first-order valence-corrected chi connectivity index (χ1v) is 24.9. The Morgan fingerprint density at radius 1 is 0.400 bits per heavy atom. The molecule has 0 N–H and O–H groups in total. The molecular formula is C62H71BN2. The highest BCUT2D eigenvalue weighted by atomic mass is 15.2. The van der Waals surface area contributed by atoms with Gasteiger partial charge >= 0.3 is 0 Å². The monoisotopic (exact) mass is 855 g/mol. The largest absolute Gasteiger partial charge is 0.311 e. The van der Waals surface area contributed by atoms with Gasteiger partial charge in [-0.25, -0.2) is 0 Å². The molecule has 0 aromatic heterocycles. The first-order chi connectivity index (χ1) is 30.4. The van der Waals surface area contributed by atoms with Crippen molar-refractivity contribution in [2.45, 2.75) is 168 Å². The van der Waals surface area contributed by atoms with Gasteiger partial charge in [0.15, 0.2) is 0 Å². The molecule has 0 fully saturated rings. The summed E-state index contributed by atoms with van der Waals surface area (Å²) in [5.74, 6) is 0. The molecule has 0 atom stereocenters. The maximum absolute atomic E-state index is 2.74. The Hall–Kier alpha value is -5.02. The Balaban J connectivity index is 1.27. The summed E-state index contributed by atoms with van der Waals surface area (Å²) in [6.07, 6.45) is 5.91. The molecule has 0 unspecified atom stereocenters. The molecule has 2 nitrogen and oxygen atoms in total. The highest BCUT2D eigenvalue weighted by Crippen LogP contribution is 2.56. The average Bonchev–Trinajstić information content (AvgIpc) is 3.44. The number of anilines is 6. The highest BCUT2D eigenvalue weighted by molar-refractivity contribution is 7.00. The third-order valence-corrected chi connectivity index (χ3v) is 17.7. The predicted molar refractivity (Wildman–Crippen MR) is 281 cm³/mol. The van der Waals surface area contributed by atoms with Crippen LogP contribution in [0.4, 0.5) is 34.1 Å². The van der Waals surface area contributed by atoms with Crippen LogP contribution in [0, 0.1) is 20.8 Å². The lowest BCUT2D eigenvalue weighted by Gasteiger charge is -2.48. The molecule has 0 radical (unpaired) electrons. The molecule has 332 valence electrons. The van der Waals surface area contributed by atoms with E-state index in [2.05, 4.69) is 211 Å². The minimum Gasteiger partial charge on any atom is -0.311 e. The van der Waals surface area contributed by atoms with Crippen LogP contribution in [0.3, 0.4) is 0 Å². The minimum absolute atomic E-state index is 0.0475. The van der Waals surface area contributed by atoms with Crippen molar-refractivity contribution in [3.63, 3.8) is 0 Å². The number of aryl methyl sites for hydroxylation is 2. The van der Waals surface area contributed by atoms with E-state index < -0.39 is 0 Å². The lowest BCUT2D eigenvalue weighted by Crippen LogP contribution is -2.62. The van der Waals surface area contributed by atoms with Crippen molar-refractivity contribution in [2.75, 3.05) is 9.80 Å². The average molecular weight is 855 g/mol. The summed E-state index contributed by atoms with van der Waals surface area (Å²) in [6.45, 7) is 36.9. The molecule has 0 amide bonds. The fourth-order valence-corrected chi connectivity index (χ4v) is 14.1. The second-order valence-electron chi connectivity index (χ2n) is 25.2. The van der Waals surface area contributed by atoms with E-state index in [4.69, 9.17) is 0 Å². The Kier molecular flexibility index (Phi) is 8.88. The van der Waals surface area contributed by atoms with E-state index in [0.29, 0.717) is 0 Å². The van der Waals surface area contributed by atoms with Gasteiger partial charge < -0.3 is 9.80 Å². The maximum Gasteiger partial charge on any atom is 0.252 e. The van der Waals surface area contributed by atoms with Crippen LogP contribution in [0.25, 0.3) is 11.1 Å². The van der Waals surface area contributed by atoms with Gasteiger partial charge in [0.1, 0.15) is 0 Å². The molecule has 0 saturated carbocycles. The molecule has 2 heterocycles. The van der Waals surface area contributed by atoms with E-state index in [1.165, 1.54) is 132 Å². The van der Waals surface area contributed by atoms with E-state index in [0.717, 1.165) is 6.42 Å². The van der Waals surface area contributed by atoms with Crippen LogP contribution in [0.5, 0.6) is 0 Å². The van der Waals surface area contributed by atoms with Crippen molar-refractivity contribution >= 4 is 57.2 Å². The summed E-state index contributed by atoms with van der Waals surface area (Å²) < 4.78 is 0. The van der Waals surface area contributed by atoms with Gasteiger partial charge in [-0.3, -0.25) is 0 Å². The normalized spacial score (nSPS) is 20.6. The molecule has 6 aromatic rings. The van der Waals surface area contributed by atoms with Crippen LogP contribution < -0.4 is 26.2 Å². The molecule has 0 saturated heterocycles. The second-order valence-corrected chi connectivity index (χ2v) is 25.2. The van der Waals surface area contributed by atoms with Crippen LogP contribution in [-0.4, -0.2) is 6.71 Å². The fraction of sp³-hybridized carbons (Fsp3) is 0.419. The van der Waals surface area contributed by atoms with Gasteiger partial charge in [0.25, 0.3) is 6.71 Å². The van der Waals surface area contributed by atoms with Crippen LogP contribution in [0.1, 0.15) is 165 Å². The van der Waals surface area contributed by atoms with Gasteiger partial charge in [-0.05, 0) is 199 Å². The molecule has 0 bridgehead atoms.